The van der Waals surface area contributed by atoms with Crippen LogP contribution in [-0.2, 0) is 15.7 Å². The van der Waals surface area contributed by atoms with Crippen LogP contribution in [0.15, 0.2) is 40.7 Å². The zero-order valence-electron chi connectivity index (χ0n) is 13.9. The number of hydrogen-bond acceptors (Lipinski definition) is 3. The van der Waals surface area contributed by atoms with Crippen molar-refractivity contribution < 1.29 is 9.31 Å². The molecule has 0 saturated carbocycles. The topological polar surface area (TPSA) is 18.5 Å². The van der Waals surface area contributed by atoms with E-state index >= 15 is 0 Å². The molecule has 0 atom stereocenters. The second-order valence-corrected chi connectivity index (χ2v) is 7.36. The Bertz CT molecular complexity index is 504. The summed E-state index contributed by atoms with van der Waals surface area (Å²) in [4.78, 5) is 1.29. The molecule has 114 valence electrons. The Labute approximate surface area is 133 Å². The molecule has 0 spiro atoms. The molecule has 2 nitrogen and oxygen atoms in total. The maximum absolute atomic E-state index is 6.14. The molecule has 1 heterocycles. The Morgan fingerprint density at radius 2 is 1.62 bits per heavy atom. The number of thioether (sulfide) groups is 1. The van der Waals surface area contributed by atoms with Crippen LogP contribution in [0.25, 0.3) is 0 Å². The third-order valence-electron chi connectivity index (χ3n) is 4.49. The van der Waals surface area contributed by atoms with Crippen LogP contribution in [0.1, 0.15) is 40.2 Å². The molecule has 0 aromatic heterocycles. The van der Waals surface area contributed by atoms with Crippen molar-refractivity contribution in [1.29, 1.82) is 0 Å². The molecule has 0 radical (unpaired) electrons. The van der Waals surface area contributed by atoms with E-state index in [1.54, 1.807) is 11.8 Å². The van der Waals surface area contributed by atoms with E-state index in [9.17, 15) is 0 Å². The minimum Gasteiger partial charge on any atom is -0.400 e. The van der Waals surface area contributed by atoms with Gasteiger partial charge in [0.05, 0.1) is 11.2 Å². The molecule has 0 N–H and O–H groups in total. The van der Waals surface area contributed by atoms with Crippen molar-refractivity contribution in [2.24, 2.45) is 0 Å². The van der Waals surface area contributed by atoms with Gasteiger partial charge in [0.25, 0.3) is 0 Å². The Morgan fingerprint density at radius 3 is 2.05 bits per heavy atom. The van der Waals surface area contributed by atoms with Crippen LogP contribution in [0.4, 0.5) is 0 Å². The molecule has 0 bridgehead atoms. The summed E-state index contributed by atoms with van der Waals surface area (Å²) in [5, 5.41) is 0. The molecule has 1 aliphatic heterocycles. The van der Waals surface area contributed by atoms with Gasteiger partial charge in [0.2, 0.25) is 0 Å². The minimum absolute atomic E-state index is 0.250. The number of rotatable bonds is 4. The van der Waals surface area contributed by atoms with E-state index in [2.05, 4.69) is 71.2 Å². The number of allylic oxidation sites excluding steroid dienone is 2. The summed E-state index contributed by atoms with van der Waals surface area (Å²) in [6, 6.07) is 8.69. The average molecular weight is 304 g/mol. The molecule has 21 heavy (non-hydrogen) atoms. The molecule has 0 amide bonds. The van der Waals surface area contributed by atoms with Crippen molar-refractivity contribution in [2.75, 3.05) is 6.26 Å². The summed E-state index contributed by atoms with van der Waals surface area (Å²) in [5.74, 6) is 0. The van der Waals surface area contributed by atoms with Gasteiger partial charge in [-0.15, -0.1) is 11.8 Å². The van der Waals surface area contributed by atoms with Crippen LogP contribution < -0.4 is 0 Å². The molecular weight excluding hydrogens is 279 g/mol. The van der Waals surface area contributed by atoms with Crippen molar-refractivity contribution in [3.05, 3.63) is 41.4 Å². The first-order valence-electron chi connectivity index (χ1n) is 7.43. The Morgan fingerprint density at radius 1 is 1.10 bits per heavy atom. The molecule has 1 aromatic rings. The van der Waals surface area contributed by atoms with Crippen molar-refractivity contribution in [1.82, 2.24) is 0 Å². The zero-order valence-corrected chi connectivity index (χ0v) is 14.7. The highest BCUT2D eigenvalue weighted by atomic mass is 32.2. The van der Waals surface area contributed by atoms with Gasteiger partial charge >= 0.3 is 7.12 Å². The van der Waals surface area contributed by atoms with Gasteiger partial charge in [-0.25, -0.2) is 0 Å². The first-order valence-corrected chi connectivity index (χ1v) is 8.65. The summed E-state index contributed by atoms with van der Waals surface area (Å²) in [7, 11) is -0.250. The molecular formula is C17H25BO2S. The predicted octanol–water partition coefficient (Wildman–Crippen LogP) is 4.53. The van der Waals surface area contributed by atoms with Crippen LogP contribution in [0, 0.1) is 0 Å². The predicted molar refractivity (Wildman–Crippen MR) is 91.8 cm³/mol. The summed E-state index contributed by atoms with van der Waals surface area (Å²) in [6.07, 6.45) is 5.07. The summed E-state index contributed by atoms with van der Waals surface area (Å²) in [5.41, 5.74) is 1.91. The van der Waals surface area contributed by atoms with Gasteiger partial charge in [0.15, 0.2) is 0 Å². The van der Waals surface area contributed by atoms with Gasteiger partial charge in [-0.1, -0.05) is 18.2 Å². The van der Waals surface area contributed by atoms with Gasteiger partial charge in [-0.05, 0) is 70.5 Å². The first kappa shape index (κ1) is 16.7. The van der Waals surface area contributed by atoms with E-state index in [0.717, 1.165) is 6.42 Å². The Balaban J connectivity index is 2.11. The second-order valence-electron chi connectivity index (χ2n) is 6.48. The van der Waals surface area contributed by atoms with Crippen molar-refractivity contribution in [3.63, 3.8) is 0 Å². The lowest BCUT2D eigenvalue weighted by Crippen LogP contribution is -2.41. The lowest BCUT2D eigenvalue weighted by atomic mass is 9.74. The van der Waals surface area contributed by atoms with Crippen LogP contribution >= 0.6 is 11.8 Å². The van der Waals surface area contributed by atoms with Gasteiger partial charge in [-0.3, -0.25) is 0 Å². The largest absolute Gasteiger partial charge is 0.490 e. The van der Waals surface area contributed by atoms with Crippen LogP contribution in [0.2, 0.25) is 0 Å². The number of benzene rings is 1. The molecule has 4 heteroatoms. The van der Waals surface area contributed by atoms with E-state index in [-0.39, 0.29) is 18.3 Å². The summed E-state index contributed by atoms with van der Waals surface area (Å²) < 4.78 is 12.3. The first-order chi connectivity index (χ1) is 9.79. The van der Waals surface area contributed by atoms with E-state index in [0.29, 0.717) is 0 Å². The lowest BCUT2D eigenvalue weighted by Gasteiger charge is -2.32. The normalized spacial score (nSPS) is 20.9. The standard InChI is InChI=1S/C17H25BO2S/c1-7-14(12-13-8-10-15(21-6)11-9-13)18-19-16(2,3)17(4,5)20-18/h7-11H,12H2,1-6H3/b14-7+. The lowest BCUT2D eigenvalue weighted by molar-refractivity contribution is 0.00578. The van der Waals surface area contributed by atoms with E-state index in [1.165, 1.54) is 15.9 Å². The van der Waals surface area contributed by atoms with E-state index < -0.39 is 0 Å². The Hall–Kier alpha value is -0.705. The third-order valence-corrected chi connectivity index (χ3v) is 5.24. The van der Waals surface area contributed by atoms with Gasteiger partial charge < -0.3 is 9.31 Å². The van der Waals surface area contributed by atoms with Crippen LogP contribution in [0.5, 0.6) is 0 Å². The fourth-order valence-electron chi connectivity index (χ4n) is 2.30. The van der Waals surface area contributed by atoms with Crippen molar-refractivity contribution >= 4 is 18.9 Å². The highest BCUT2D eigenvalue weighted by Crippen LogP contribution is 2.39. The zero-order chi connectivity index (χ0) is 15.7. The summed E-state index contributed by atoms with van der Waals surface area (Å²) in [6.45, 7) is 10.4. The van der Waals surface area contributed by atoms with Crippen LogP contribution in [-0.4, -0.2) is 24.6 Å². The summed E-state index contributed by atoms with van der Waals surface area (Å²) >= 11 is 1.76. The maximum atomic E-state index is 6.14. The fourth-order valence-corrected chi connectivity index (χ4v) is 2.70. The molecule has 1 saturated heterocycles. The van der Waals surface area contributed by atoms with E-state index in [4.69, 9.17) is 9.31 Å². The molecule has 2 rings (SSSR count). The molecule has 0 aliphatic carbocycles. The quantitative estimate of drug-likeness (QED) is 0.601. The van der Waals surface area contributed by atoms with Crippen molar-refractivity contribution in [2.45, 2.75) is 57.1 Å². The highest BCUT2D eigenvalue weighted by Gasteiger charge is 2.52. The third kappa shape index (κ3) is 3.55. The molecule has 1 aliphatic rings. The van der Waals surface area contributed by atoms with Crippen molar-refractivity contribution in [3.8, 4) is 0 Å². The minimum atomic E-state index is -0.283. The fraction of sp³-hybridized carbons (Fsp3) is 0.529. The SMILES string of the molecule is C/C=C(\Cc1ccc(SC)cc1)B1OC(C)(C)C(C)(C)O1. The molecule has 1 fully saturated rings. The Kier molecular flexibility index (Phi) is 4.91. The average Bonchev–Trinajstić information content (AvgIpc) is 2.65. The van der Waals surface area contributed by atoms with Gasteiger partial charge in [-0.2, -0.15) is 0 Å². The number of hydrogen-bond donors (Lipinski definition) is 0. The maximum Gasteiger partial charge on any atom is 0.490 e. The molecule has 0 unspecified atom stereocenters. The van der Waals surface area contributed by atoms with Gasteiger partial charge in [0.1, 0.15) is 0 Å². The smallest absolute Gasteiger partial charge is 0.400 e. The highest BCUT2D eigenvalue weighted by molar-refractivity contribution is 7.98. The second kappa shape index (κ2) is 6.19. The van der Waals surface area contributed by atoms with E-state index in [1.807, 2.05) is 0 Å². The molecule has 1 aromatic carbocycles. The monoisotopic (exact) mass is 304 g/mol. The van der Waals surface area contributed by atoms with Gasteiger partial charge in [0, 0.05) is 4.90 Å². The van der Waals surface area contributed by atoms with Crippen LogP contribution in [0.3, 0.4) is 0 Å².